The van der Waals surface area contributed by atoms with Crippen molar-refractivity contribution in [3.05, 3.63) is 229 Å². The fourth-order valence-electron chi connectivity index (χ4n) is 9.89. The molecule has 0 fully saturated rings. The molecule has 3 aromatic heterocycles. The van der Waals surface area contributed by atoms with Crippen molar-refractivity contribution < 1.29 is 4.42 Å². The molecule has 1 unspecified atom stereocenters. The van der Waals surface area contributed by atoms with E-state index in [4.69, 9.17) is 19.4 Å². The number of hydrogen-bond acceptors (Lipinski definition) is 4. The molecule has 9 aromatic carbocycles. The van der Waals surface area contributed by atoms with Crippen molar-refractivity contribution in [2.75, 3.05) is 0 Å². The summed E-state index contributed by atoms with van der Waals surface area (Å²) < 4.78 is 9.05. The third kappa shape index (κ3) is 5.67. The second kappa shape index (κ2) is 14.1. The van der Waals surface area contributed by atoms with Crippen molar-refractivity contribution in [3.63, 3.8) is 0 Å². The lowest BCUT2D eigenvalue weighted by molar-refractivity contribution is 0.668. The van der Waals surface area contributed by atoms with E-state index in [2.05, 4.69) is 144 Å². The highest BCUT2D eigenvalue weighted by atomic mass is 16.3. The maximum atomic E-state index is 6.70. The van der Waals surface area contributed by atoms with Gasteiger partial charge in [-0.2, -0.15) is 0 Å². The molecule has 5 heteroatoms. The van der Waals surface area contributed by atoms with Crippen molar-refractivity contribution in [2.24, 2.45) is 0 Å². The van der Waals surface area contributed by atoms with E-state index in [0.29, 0.717) is 17.5 Å². The molecule has 1 atom stereocenters. The average molecular weight is 805 g/mol. The van der Waals surface area contributed by atoms with Crippen LogP contribution in [0.4, 0.5) is 0 Å². The predicted octanol–water partition coefficient (Wildman–Crippen LogP) is 14.7. The van der Waals surface area contributed by atoms with Crippen LogP contribution in [0.5, 0.6) is 0 Å². The van der Waals surface area contributed by atoms with Crippen molar-refractivity contribution >= 4 is 43.7 Å². The van der Waals surface area contributed by atoms with Gasteiger partial charge in [0.1, 0.15) is 11.2 Å². The van der Waals surface area contributed by atoms with Gasteiger partial charge < -0.3 is 8.98 Å². The minimum atomic E-state index is 0.228. The quantitative estimate of drug-likeness (QED) is 0.168. The Labute approximate surface area is 363 Å². The first-order chi connectivity index (χ1) is 31.2. The minimum absolute atomic E-state index is 0.228. The van der Waals surface area contributed by atoms with Crippen molar-refractivity contribution in [3.8, 4) is 62.1 Å². The Hall–Kier alpha value is -8.41. The van der Waals surface area contributed by atoms with Crippen LogP contribution >= 0.6 is 0 Å². The summed E-state index contributed by atoms with van der Waals surface area (Å²) in [5, 5.41) is 4.39. The summed E-state index contributed by atoms with van der Waals surface area (Å²) in [6.45, 7) is 0. The number of nitrogens with zero attached hydrogens (tertiary/aromatic N) is 4. The van der Waals surface area contributed by atoms with E-state index in [1.165, 1.54) is 49.7 Å². The molecule has 294 valence electrons. The molecule has 1 aliphatic carbocycles. The third-order valence-corrected chi connectivity index (χ3v) is 12.7. The van der Waals surface area contributed by atoms with Gasteiger partial charge in [-0.3, -0.25) is 0 Å². The maximum Gasteiger partial charge on any atom is 0.164 e. The molecule has 3 heterocycles. The number of aromatic nitrogens is 4. The number of hydrogen-bond donors (Lipinski definition) is 0. The first-order valence-electron chi connectivity index (χ1n) is 21.4. The summed E-state index contributed by atoms with van der Waals surface area (Å²) in [4.78, 5) is 15.1. The first-order valence-corrected chi connectivity index (χ1v) is 21.4. The summed E-state index contributed by atoms with van der Waals surface area (Å²) in [5.74, 6) is 2.08. The SMILES string of the molecule is c1ccc(-c2nc(-c3ccccc3)nc(-c3cccc4oc5cc(-n6c7ccccc7c7cc(-c8ccc9c(c8)-c8ccccc8C9c8ccccc8)ccc76)ccc5c34)n2)cc1. The molecule has 63 heavy (non-hydrogen) atoms. The topological polar surface area (TPSA) is 56.7 Å². The molecule has 12 aromatic rings. The smallest absolute Gasteiger partial charge is 0.164 e. The van der Waals surface area contributed by atoms with Gasteiger partial charge in [0.25, 0.3) is 0 Å². The molecule has 1 aliphatic rings. The van der Waals surface area contributed by atoms with Crippen LogP contribution in [-0.2, 0) is 0 Å². The van der Waals surface area contributed by atoms with Gasteiger partial charge in [0.05, 0.1) is 11.0 Å². The molecule has 13 rings (SSSR count). The van der Waals surface area contributed by atoms with Crippen LogP contribution in [0, 0.1) is 0 Å². The standard InChI is InChI=1S/C58H36N4O/c1-4-15-36(16-5-1)54-44-23-11-10-21-42(44)48-33-39(27-30-45(48)54)40-28-32-51-49(34-40)43-22-12-13-25-50(43)62(51)41-29-31-46-53(35-41)63-52-26-14-24-47(55(46)52)58-60-56(37-17-6-2-7-18-37)59-57(61-58)38-19-8-3-9-20-38/h1-35,54H. The van der Waals surface area contributed by atoms with Crippen LogP contribution in [0.3, 0.4) is 0 Å². The molecular weight excluding hydrogens is 769 g/mol. The van der Waals surface area contributed by atoms with Crippen molar-refractivity contribution in [2.45, 2.75) is 5.92 Å². The Bertz CT molecular complexity index is 3680. The zero-order chi connectivity index (χ0) is 41.4. The Kier molecular flexibility index (Phi) is 7.90. The largest absolute Gasteiger partial charge is 0.456 e. The zero-order valence-electron chi connectivity index (χ0n) is 34.0. The molecular formula is C58H36N4O. The molecule has 0 amide bonds. The lowest BCUT2D eigenvalue weighted by atomic mass is 9.89. The number of para-hydroxylation sites is 1. The molecule has 0 spiro atoms. The fourth-order valence-corrected chi connectivity index (χ4v) is 9.89. The highest BCUT2D eigenvalue weighted by Crippen LogP contribution is 2.49. The summed E-state index contributed by atoms with van der Waals surface area (Å²) in [7, 11) is 0. The average Bonchev–Trinajstić information content (AvgIpc) is 4.01. The number of fused-ring (bicyclic) bond motifs is 9. The lowest BCUT2D eigenvalue weighted by Crippen LogP contribution is -2.00. The van der Waals surface area contributed by atoms with Crippen molar-refractivity contribution in [1.29, 1.82) is 0 Å². The minimum Gasteiger partial charge on any atom is -0.456 e. The molecule has 0 radical (unpaired) electrons. The number of furan rings is 1. The second-order valence-electron chi connectivity index (χ2n) is 16.3. The molecule has 5 nitrogen and oxygen atoms in total. The molecule has 0 saturated heterocycles. The van der Waals surface area contributed by atoms with E-state index in [0.717, 1.165) is 55.3 Å². The molecule has 0 bridgehead atoms. The van der Waals surface area contributed by atoms with Gasteiger partial charge in [-0.25, -0.2) is 15.0 Å². The zero-order valence-corrected chi connectivity index (χ0v) is 34.0. The Morgan fingerprint density at radius 3 is 1.78 bits per heavy atom. The number of rotatable bonds is 6. The summed E-state index contributed by atoms with van der Waals surface area (Å²) in [6, 6.07) is 75.2. The van der Waals surface area contributed by atoms with Crippen molar-refractivity contribution in [1.82, 2.24) is 19.5 Å². The van der Waals surface area contributed by atoms with E-state index in [1.54, 1.807) is 0 Å². The fraction of sp³-hybridized carbons (Fsp3) is 0.0172. The van der Waals surface area contributed by atoms with E-state index < -0.39 is 0 Å². The first kappa shape index (κ1) is 35.4. The van der Waals surface area contributed by atoms with Crippen LogP contribution in [0.25, 0.3) is 106 Å². The maximum absolute atomic E-state index is 6.70. The normalized spacial score (nSPS) is 13.2. The summed E-state index contributed by atoms with van der Waals surface area (Å²) in [6.07, 6.45) is 0. The van der Waals surface area contributed by atoms with Crippen LogP contribution < -0.4 is 0 Å². The third-order valence-electron chi connectivity index (χ3n) is 12.7. The lowest BCUT2D eigenvalue weighted by Gasteiger charge is -2.14. The van der Waals surface area contributed by atoms with E-state index in [-0.39, 0.29) is 5.92 Å². The van der Waals surface area contributed by atoms with E-state index >= 15 is 0 Å². The van der Waals surface area contributed by atoms with Gasteiger partial charge in [-0.1, -0.05) is 164 Å². The van der Waals surface area contributed by atoms with Gasteiger partial charge in [0.2, 0.25) is 0 Å². The Morgan fingerprint density at radius 2 is 0.984 bits per heavy atom. The second-order valence-corrected chi connectivity index (χ2v) is 16.3. The molecule has 0 N–H and O–H groups in total. The van der Waals surface area contributed by atoms with E-state index in [1.807, 2.05) is 72.8 Å². The van der Waals surface area contributed by atoms with Gasteiger partial charge in [-0.15, -0.1) is 0 Å². The van der Waals surface area contributed by atoms with Crippen LogP contribution in [-0.4, -0.2) is 19.5 Å². The van der Waals surface area contributed by atoms with E-state index in [9.17, 15) is 0 Å². The van der Waals surface area contributed by atoms with Gasteiger partial charge >= 0.3 is 0 Å². The van der Waals surface area contributed by atoms with Gasteiger partial charge in [0, 0.05) is 55.9 Å². The van der Waals surface area contributed by atoms with Gasteiger partial charge in [0.15, 0.2) is 17.5 Å². The number of benzene rings is 9. The van der Waals surface area contributed by atoms with Crippen LogP contribution in [0.15, 0.2) is 217 Å². The van der Waals surface area contributed by atoms with Crippen LogP contribution in [0.1, 0.15) is 22.6 Å². The molecule has 0 saturated carbocycles. The highest BCUT2D eigenvalue weighted by Gasteiger charge is 2.30. The predicted molar refractivity (Wildman–Crippen MR) is 256 cm³/mol. The molecule has 0 aliphatic heterocycles. The summed E-state index contributed by atoms with van der Waals surface area (Å²) in [5.41, 5.74) is 16.7. The highest BCUT2D eigenvalue weighted by molar-refractivity contribution is 6.13. The Balaban J connectivity index is 0.928. The van der Waals surface area contributed by atoms with Crippen LogP contribution in [0.2, 0.25) is 0 Å². The Morgan fingerprint density at radius 1 is 0.365 bits per heavy atom. The monoisotopic (exact) mass is 804 g/mol. The summed E-state index contributed by atoms with van der Waals surface area (Å²) >= 11 is 0. The van der Waals surface area contributed by atoms with Gasteiger partial charge in [-0.05, 0) is 81.4 Å².